The van der Waals surface area contributed by atoms with E-state index in [4.69, 9.17) is 0 Å². The molecular formula is C16H12N2O. The van der Waals surface area contributed by atoms with E-state index in [1.165, 1.54) is 10.9 Å². The molecule has 0 bridgehead atoms. The van der Waals surface area contributed by atoms with Crippen LogP contribution in [0, 0.1) is 6.92 Å². The molecule has 0 saturated heterocycles. The van der Waals surface area contributed by atoms with Crippen LogP contribution in [0.5, 0.6) is 0 Å². The van der Waals surface area contributed by atoms with Gasteiger partial charge >= 0.3 is 0 Å². The fourth-order valence-electron chi connectivity index (χ4n) is 2.70. The van der Waals surface area contributed by atoms with Crippen LogP contribution in [0.3, 0.4) is 0 Å². The average Bonchev–Trinajstić information content (AvgIpc) is 2.77. The summed E-state index contributed by atoms with van der Waals surface area (Å²) in [5.41, 5.74) is 4.12. The third-order valence-corrected chi connectivity index (χ3v) is 3.62. The maximum Gasteiger partial charge on any atom is 0.248 e. The molecule has 0 saturated carbocycles. The maximum atomic E-state index is 11.5. The zero-order valence-electron chi connectivity index (χ0n) is 10.4. The lowest BCUT2D eigenvalue weighted by molar-refractivity contribution is 1.31. The van der Waals surface area contributed by atoms with Crippen molar-refractivity contribution in [2.75, 3.05) is 0 Å². The van der Waals surface area contributed by atoms with Crippen LogP contribution < -0.4 is 5.56 Å². The molecule has 2 N–H and O–H groups in total. The first kappa shape index (κ1) is 10.4. The molecular weight excluding hydrogens is 236 g/mol. The molecule has 2 aromatic carbocycles. The summed E-state index contributed by atoms with van der Waals surface area (Å²) >= 11 is 0. The van der Waals surface area contributed by atoms with E-state index in [2.05, 4.69) is 41.2 Å². The molecule has 92 valence electrons. The molecule has 4 aromatic rings. The summed E-state index contributed by atoms with van der Waals surface area (Å²) in [6.45, 7) is 2.08. The fourth-order valence-corrected chi connectivity index (χ4v) is 2.70. The number of rotatable bonds is 0. The van der Waals surface area contributed by atoms with Gasteiger partial charge in [0.2, 0.25) is 5.56 Å². The molecule has 0 atom stereocenters. The number of benzene rings is 2. The Hall–Kier alpha value is -2.55. The van der Waals surface area contributed by atoms with E-state index in [0.29, 0.717) is 0 Å². The van der Waals surface area contributed by atoms with Crippen LogP contribution in [-0.2, 0) is 0 Å². The van der Waals surface area contributed by atoms with E-state index in [0.717, 1.165) is 27.3 Å². The highest BCUT2D eigenvalue weighted by Crippen LogP contribution is 2.30. The highest BCUT2D eigenvalue weighted by atomic mass is 16.1. The topological polar surface area (TPSA) is 48.6 Å². The molecule has 0 spiro atoms. The van der Waals surface area contributed by atoms with Crippen LogP contribution in [0.4, 0.5) is 0 Å². The molecule has 2 heterocycles. The number of nitrogens with one attached hydrogen (secondary N) is 2. The lowest BCUT2D eigenvalue weighted by Crippen LogP contribution is -2.02. The Labute approximate surface area is 108 Å². The van der Waals surface area contributed by atoms with E-state index in [9.17, 15) is 4.79 Å². The molecule has 4 rings (SSSR count). The summed E-state index contributed by atoms with van der Waals surface area (Å²) in [5, 5.41) is 3.38. The summed E-state index contributed by atoms with van der Waals surface area (Å²) in [6.07, 6.45) is 0. The fraction of sp³-hybridized carbons (Fsp3) is 0.0625. The van der Waals surface area contributed by atoms with Gasteiger partial charge in [-0.3, -0.25) is 4.79 Å². The predicted octanol–water partition coefficient (Wildman–Crippen LogP) is 3.47. The zero-order valence-corrected chi connectivity index (χ0v) is 10.4. The van der Waals surface area contributed by atoms with Gasteiger partial charge in [0.05, 0.1) is 11.0 Å². The van der Waals surface area contributed by atoms with Crippen molar-refractivity contribution in [3.05, 3.63) is 58.4 Å². The summed E-state index contributed by atoms with van der Waals surface area (Å²) in [5.74, 6) is 0. The lowest BCUT2D eigenvalue weighted by atomic mass is 10.1. The second-order valence-corrected chi connectivity index (χ2v) is 4.95. The Morgan fingerprint density at radius 2 is 1.68 bits per heavy atom. The van der Waals surface area contributed by atoms with Gasteiger partial charge in [-0.1, -0.05) is 23.8 Å². The van der Waals surface area contributed by atoms with Gasteiger partial charge in [0.15, 0.2) is 0 Å². The van der Waals surface area contributed by atoms with Crippen LogP contribution in [0.2, 0.25) is 0 Å². The molecule has 0 fully saturated rings. The van der Waals surface area contributed by atoms with Crippen LogP contribution in [-0.4, -0.2) is 9.97 Å². The van der Waals surface area contributed by atoms with Crippen molar-refractivity contribution >= 4 is 32.7 Å². The lowest BCUT2D eigenvalue weighted by Gasteiger charge is -1.98. The predicted molar refractivity (Wildman–Crippen MR) is 78.7 cm³/mol. The first-order valence-electron chi connectivity index (χ1n) is 6.26. The largest absolute Gasteiger partial charge is 0.353 e. The minimum atomic E-state index is -0.0742. The van der Waals surface area contributed by atoms with Crippen molar-refractivity contribution < 1.29 is 0 Å². The summed E-state index contributed by atoms with van der Waals surface area (Å²) in [6, 6.07) is 13.9. The number of pyridine rings is 1. The second kappa shape index (κ2) is 3.48. The van der Waals surface area contributed by atoms with Crippen molar-refractivity contribution in [3.8, 4) is 0 Å². The Morgan fingerprint density at radius 3 is 2.58 bits per heavy atom. The first-order valence-corrected chi connectivity index (χ1v) is 6.26. The summed E-state index contributed by atoms with van der Waals surface area (Å²) in [4.78, 5) is 17.9. The molecule has 0 aliphatic rings. The number of fused-ring (bicyclic) bond motifs is 5. The molecule has 0 unspecified atom stereocenters. The quantitative estimate of drug-likeness (QED) is 0.492. The number of aromatic amines is 2. The molecule has 0 amide bonds. The minimum Gasteiger partial charge on any atom is -0.353 e. The summed E-state index contributed by atoms with van der Waals surface area (Å²) < 4.78 is 0. The highest BCUT2D eigenvalue weighted by Gasteiger charge is 2.08. The van der Waals surface area contributed by atoms with Crippen LogP contribution >= 0.6 is 0 Å². The van der Waals surface area contributed by atoms with Gasteiger partial charge in [0.25, 0.3) is 0 Å². The Morgan fingerprint density at radius 1 is 0.842 bits per heavy atom. The Kier molecular flexibility index (Phi) is 1.90. The molecule has 3 nitrogen and oxygen atoms in total. The van der Waals surface area contributed by atoms with E-state index >= 15 is 0 Å². The van der Waals surface area contributed by atoms with E-state index in [-0.39, 0.29) is 5.56 Å². The monoisotopic (exact) mass is 248 g/mol. The SMILES string of the molecule is Cc1ccc2[nH]c3c(ccc4ccc(=O)[nH]c43)c2c1. The van der Waals surface area contributed by atoms with Gasteiger partial charge in [-0.25, -0.2) is 0 Å². The molecule has 0 radical (unpaired) electrons. The molecule has 2 aromatic heterocycles. The zero-order chi connectivity index (χ0) is 13.0. The standard InChI is InChI=1S/C16H12N2O/c1-9-2-6-13-12(8-9)11-5-3-10-4-7-14(19)18-15(10)16(11)17-13/h2-8,17H,1H3,(H,18,19). The molecule has 19 heavy (non-hydrogen) atoms. The van der Waals surface area contributed by atoms with Gasteiger partial charge in [0.1, 0.15) is 0 Å². The molecule has 0 aliphatic carbocycles. The highest BCUT2D eigenvalue weighted by molar-refractivity contribution is 6.15. The summed E-state index contributed by atoms with van der Waals surface area (Å²) in [7, 11) is 0. The van der Waals surface area contributed by atoms with Gasteiger partial charge in [0, 0.05) is 27.7 Å². The van der Waals surface area contributed by atoms with Crippen LogP contribution in [0.25, 0.3) is 32.7 Å². The second-order valence-electron chi connectivity index (χ2n) is 4.95. The van der Waals surface area contributed by atoms with Crippen LogP contribution in [0.1, 0.15) is 5.56 Å². The van der Waals surface area contributed by atoms with E-state index < -0.39 is 0 Å². The number of hydrogen-bond acceptors (Lipinski definition) is 1. The maximum absolute atomic E-state index is 11.5. The molecule has 0 aliphatic heterocycles. The number of aryl methyl sites for hydroxylation is 1. The van der Waals surface area contributed by atoms with E-state index in [1.54, 1.807) is 6.07 Å². The van der Waals surface area contributed by atoms with E-state index in [1.807, 2.05) is 12.1 Å². The van der Waals surface area contributed by atoms with Gasteiger partial charge in [-0.15, -0.1) is 0 Å². The van der Waals surface area contributed by atoms with Gasteiger partial charge < -0.3 is 9.97 Å². The van der Waals surface area contributed by atoms with Crippen molar-refractivity contribution in [2.24, 2.45) is 0 Å². The van der Waals surface area contributed by atoms with Gasteiger partial charge in [-0.05, 0) is 25.1 Å². The van der Waals surface area contributed by atoms with Crippen molar-refractivity contribution in [2.45, 2.75) is 6.92 Å². The van der Waals surface area contributed by atoms with Crippen molar-refractivity contribution in [1.29, 1.82) is 0 Å². The average molecular weight is 248 g/mol. The normalized spacial score (nSPS) is 11.6. The first-order chi connectivity index (χ1) is 9.22. The Bertz CT molecular complexity index is 992. The Balaban J connectivity index is 2.30. The number of H-pyrrole nitrogens is 2. The molecule has 3 heteroatoms. The van der Waals surface area contributed by atoms with Crippen molar-refractivity contribution in [3.63, 3.8) is 0 Å². The minimum absolute atomic E-state index is 0.0742. The van der Waals surface area contributed by atoms with Gasteiger partial charge in [-0.2, -0.15) is 0 Å². The third-order valence-electron chi connectivity index (χ3n) is 3.62. The third kappa shape index (κ3) is 1.41. The number of aromatic nitrogens is 2. The number of hydrogen-bond donors (Lipinski definition) is 2. The smallest absolute Gasteiger partial charge is 0.248 e. The van der Waals surface area contributed by atoms with Crippen molar-refractivity contribution in [1.82, 2.24) is 9.97 Å². The van der Waals surface area contributed by atoms with Crippen LogP contribution in [0.15, 0.2) is 47.3 Å².